The van der Waals surface area contributed by atoms with E-state index < -0.39 is 11.9 Å². The lowest BCUT2D eigenvalue weighted by Gasteiger charge is -2.32. The number of carbonyl (C=O) groups excluding carboxylic acids is 3. The van der Waals surface area contributed by atoms with Crippen LogP contribution in [-0.4, -0.2) is 53.2 Å². The summed E-state index contributed by atoms with van der Waals surface area (Å²) in [5.74, 6) is 6.68. The highest BCUT2D eigenvalue weighted by Crippen LogP contribution is 2.45. The number of nitrogens with zero attached hydrogens (tertiary/aromatic N) is 6. The third kappa shape index (κ3) is 4.19. The van der Waals surface area contributed by atoms with Gasteiger partial charge in [0.25, 0.3) is 5.91 Å². The van der Waals surface area contributed by atoms with E-state index in [-0.39, 0.29) is 24.2 Å². The van der Waals surface area contributed by atoms with Crippen molar-refractivity contribution in [1.82, 2.24) is 34.8 Å². The number of nitrogens with one attached hydrogen (secondary N) is 1. The van der Waals surface area contributed by atoms with Gasteiger partial charge in [-0.1, -0.05) is 11.8 Å². The van der Waals surface area contributed by atoms with Crippen LogP contribution in [-0.2, 0) is 23.2 Å². The first kappa shape index (κ1) is 25.0. The molecule has 4 aliphatic rings. The van der Waals surface area contributed by atoms with Crippen LogP contribution in [0.15, 0.2) is 42.9 Å². The quantitative estimate of drug-likeness (QED) is 0.303. The largest absolute Gasteiger partial charge is 0.322 e. The molecule has 1 unspecified atom stereocenters. The molecule has 0 spiro atoms. The zero-order valence-corrected chi connectivity index (χ0v) is 23.2. The third-order valence-electron chi connectivity index (χ3n) is 9.06. The van der Waals surface area contributed by atoms with Gasteiger partial charge in [0.1, 0.15) is 6.04 Å². The minimum absolute atomic E-state index is 0.166. The third-order valence-corrected chi connectivity index (χ3v) is 9.06. The van der Waals surface area contributed by atoms with E-state index in [2.05, 4.69) is 39.2 Å². The van der Waals surface area contributed by atoms with Crippen LogP contribution in [0.3, 0.4) is 0 Å². The lowest BCUT2D eigenvalue weighted by Crippen LogP contribution is -2.52. The molecule has 1 saturated heterocycles. The van der Waals surface area contributed by atoms with Gasteiger partial charge in [-0.15, -0.1) is 0 Å². The molecule has 210 valence electrons. The normalized spacial score (nSPS) is 23.4. The van der Waals surface area contributed by atoms with Crippen molar-refractivity contribution < 1.29 is 14.4 Å². The maximum Gasteiger partial charge on any atom is 0.255 e. The van der Waals surface area contributed by atoms with Crippen LogP contribution in [0.2, 0.25) is 0 Å². The van der Waals surface area contributed by atoms with Gasteiger partial charge in [-0.3, -0.25) is 34.0 Å². The summed E-state index contributed by atoms with van der Waals surface area (Å²) in [6, 6.07) is 7.45. The molecule has 4 aromatic rings. The SMILES string of the molecule is Cn1ncc2cnc(-c3cn(C4CC(C#Cc5ccc6c(c5)CN(C5CCC(=O)NC5=O)C6=O)C4)nc3C3CC3)cc21. The number of rotatable bonds is 4. The fraction of sp³-hybridized carbons (Fsp3) is 0.375. The van der Waals surface area contributed by atoms with Gasteiger partial charge in [0.05, 0.1) is 29.1 Å². The van der Waals surface area contributed by atoms with Gasteiger partial charge in [0.15, 0.2) is 0 Å². The van der Waals surface area contributed by atoms with Crippen LogP contribution >= 0.6 is 0 Å². The van der Waals surface area contributed by atoms with E-state index in [1.165, 1.54) is 12.8 Å². The van der Waals surface area contributed by atoms with Crippen LogP contribution in [0, 0.1) is 17.8 Å². The Balaban J connectivity index is 0.956. The molecular formula is C32H29N7O3. The van der Waals surface area contributed by atoms with E-state index in [1.807, 2.05) is 36.3 Å². The van der Waals surface area contributed by atoms with Gasteiger partial charge in [-0.2, -0.15) is 10.2 Å². The Morgan fingerprint density at radius 1 is 1.02 bits per heavy atom. The minimum atomic E-state index is -0.610. The predicted molar refractivity (Wildman–Crippen MR) is 153 cm³/mol. The number of fused-ring (bicyclic) bond motifs is 2. The summed E-state index contributed by atoms with van der Waals surface area (Å²) < 4.78 is 4.01. The number of benzene rings is 1. The number of carbonyl (C=O) groups is 3. The zero-order valence-electron chi connectivity index (χ0n) is 23.2. The molecule has 1 N–H and O–H groups in total. The lowest BCUT2D eigenvalue weighted by molar-refractivity contribution is -0.136. The van der Waals surface area contributed by atoms with Gasteiger partial charge < -0.3 is 4.90 Å². The average Bonchev–Trinajstić information content (AvgIpc) is 3.49. The van der Waals surface area contributed by atoms with Crippen molar-refractivity contribution in [3.05, 3.63) is 65.2 Å². The first-order valence-corrected chi connectivity index (χ1v) is 14.6. The molecule has 3 fully saturated rings. The number of hydrogen-bond donors (Lipinski definition) is 1. The van der Waals surface area contributed by atoms with Crippen LogP contribution in [0.5, 0.6) is 0 Å². The molecule has 2 aliphatic heterocycles. The Morgan fingerprint density at radius 3 is 2.69 bits per heavy atom. The number of amides is 3. The second-order valence-electron chi connectivity index (χ2n) is 11.9. The number of hydrogen-bond acceptors (Lipinski definition) is 6. The summed E-state index contributed by atoms with van der Waals surface area (Å²) in [4.78, 5) is 43.1. The molecule has 2 aliphatic carbocycles. The molecule has 8 rings (SSSR count). The highest BCUT2D eigenvalue weighted by molar-refractivity contribution is 6.05. The van der Waals surface area contributed by atoms with E-state index in [9.17, 15) is 14.4 Å². The number of aryl methyl sites for hydroxylation is 1. The monoisotopic (exact) mass is 559 g/mol. The number of piperidine rings is 1. The molecule has 2 saturated carbocycles. The van der Waals surface area contributed by atoms with Crippen molar-refractivity contribution in [3.63, 3.8) is 0 Å². The molecule has 10 nitrogen and oxygen atoms in total. The predicted octanol–water partition coefficient (Wildman–Crippen LogP) is 3.47. The maximum atomic E-state index is 13.0. The van der Waals surface area contributed by atoms with Crippen molar-refractivity contribution in [2.75, 3.05) is 0 Å². The summed E-state index contributed by atoms with van der Waals surface area (Å²) in [7, 11) is 1.95. The second kappa shape index (κ2) is 9.38. The molecule has 10 heteroatoms. The molecular weight excluding hydrogens is 530 g/mol. The van der Waals surface area contributed by atoms with Gasteiger partial charge in [-0.05, 0) is 61.9 Å². The van der Waals surface area contributed by atoms with Gasteiger partial charge in [0, 0.05) is 66.3 Å². The van der Waals surface area contributed by atoms with Gasteiger partial charge in [0.2, 0.25) is 11.8 Å². The fourth-order valence-corrected chi connectivity index (χ4v) is 6.40. The Hall–Kier alpha value is -4.78. The number of aromatic nitrogens is 5. The van der Waals surface area contributed by atoms with Crippen LogP contribution in [0.4, 0.5) is 0 Å². The Bertz CT molecular complexity index is 1870. The summed E-state index contributed by atoms with van der Waals surface area (Å²) >= 11 is 0. The maximum absolute atomic E-state index is 13.0. The van der Waals surface area contributed by atoms with Crippen LogP contribution in [0.1, 0.15) is 77.7 Å². The van der Waals surface area contributed by atoms with Crippen LogP contribution < -0.4 is 5.32 Å². The highest BCUT2D eigenvalue weighted by Gasteiger charge is 2.39. The van der Waals surface area contributed by atoms with E-state index in [1.54, 1.807) is 11.0 Å². The second-order valence-corrected chi connectivity index (χ2v) is 11.9. The average molecular weight is 560 g/mol. The standard InChI is InChI=1S/C32H29N7O3/c1-37-28-13-26(33-14-22(28)15-34-37)25-17-39(36-30(25)20-5-6-20)23-11-19(12-23)3-2-18-4-7-24-21(10-18)16-38(32(24)42)27-8-9-29(40)35-31(27)41/h4,7,10,13-15,17,19-20,23,27H,5-6,8-9,11-12,16H2,1H3,(H,35,40,41). The van der Waals surface area contributed by atoms with Gasteiger partial charge >= 0.3 is 0 Å². The zero-order chi connectivity index (χ0) is 28.5. The highest BCUT2D eigenvalue weighted by atomic mass is 16.2. The molecule has 1 aromatic carbocycles. The van der Waals surface area contributed by atoms with Crippen molar-refractivity contribution in [2.24, 2.45) is 13.0 Å². The molecule has 5 heterocycles. The molecule has 0 radical (unpaired) electrons. The summed E-state index contributed by atoms with van der Waals surface area (Å²) in [6.45, 7) is 0.356. The summed E-state index contributed by atoms with van der Waals surface area (Å²) in [6.07, 6.45) is 10.7. The molecule has 3 aromatic heterocycles. The Labute approximate surface area is 242 Å². The molecule has 42 heavy (non-hydrogen) atoms. The lowest BCUT2D eigenvalue weighted by atomic mass is 9.80. The smallest absolute Gasteiger partial charge is 0.255 e. The van der Waals surface area contributed by atoms with Gasteiger partial charge in [-0.25, -0.2) is 0 Å². The molecule has 1 atom stereocenters. The van der Waals surface area contributed by atoms with Crippen molar-refractivity contribution >= 4 is 28.6 Å². The minimum Gasteiger partial charge on any atom is -0.322 e. The Kier molecular flexibility index (Phi) is 5.58. The van der Waals surface area contributed by atoms with Crippen LogP contribution in [0.25, 0.3) is 22.2 Å². The van der Waals surface area contributed by atoms with E-state index in [4.69, 9.17) is 10.1 Å². The van der Waals surface area contributed by atoms with Crippen molar-refractivity contribution in [2.45, 2.75) is 63.1 Å². The molecule has 0 bridgehead atoms. The first-order valence-electron chi connectivity index (χ1n) is 14.6. The van der Waals surface area contributed by atoms with E-state index in [0.717, 1.165) is 51.8 Å². The van der Waals surface area contributed by atoms with Crippen molar-refractivity contribution in [1.29, 1.82) is 0 Å². The fourth-order valence-electron chi connectivity index (χ4n) is 6.40. The van der Waals surface area contributed by atoms with E-state index >= 15 is 0 Å². The van der Waals surface area contributed by atoms with Crippen molar-refractivity contribution in [3.8, 4) is 23.1 Å². The summed E-state index contributed by atoms with van der Waals surface area (Å²) in [5.41, 5.74) is 6.62. The number of imide groups is 1. The summed E-state index contributed by atoms with van der Waals surface area (Å²) in [5, 5.41) is 12.8. The Morgan fingerprint density at radius 2 is 1.88 bits per heavy atom. The first-order chi connectivity index (χ1) is 20.4. The van der Waals surface area contributed by atoms with E-state index in [0.29, 0.717) is 30.5 Å². The topological polar surface area (TPSA) is 115 Å². The number of pyridine rings is 1. The molecule has 3 amide bonds.